The lowest BCUT2D eigenvalue weighted by Gasteiger charge is -2.05. The van der Waals surface area contributed by atoms with Crippen LogP contribution in [0.5, 0.6) is 0 Å². The molecule has 2 aromatic rings. The Morgan fingerprint density at radius 1 is 1.20 bits per heavy atom. The first-order valence-corrected chi connectivity index (χ1v) is 5.18. The molecule has 0 spiro atoms. The molecule has 0 aliphatic carbocycles. The van der Waals surface area contributed by atoms with Crippen LogP contribution in [0.25, 0.3) is 10.9 Å². The van der Waals surface area contributed by atoms with E-state index in [9.17, 15) is 0 Å². The smallest absolute Gasteiger partial charge is 0.0710 e. The van der Waals surface area contributed by atoms with Gasteiger partial charge in [-0.15, -0.1) is 0 Å². The number of pyridine rings is 1. The number of aliphatic hydroxyl groups is 1. The van der Waals surface area contributed by atoms with Gasteiger partial charge in [-0.25, -0.2) is 0 Å². The maximum atomic E-state index is 8.88. The van der Waals surface area contributed by atoms with Crippen LogP contribution in [-0.2, 0) is 6.42 Å². The van der Waals surface area contributed by atoms with Crippen molar-refractivity contribution >= 4 is 10.9 Å². The van der Waals surface area contributed by atoms with Gasteiger partial charge in [0.25, 0.3) is 0 Å². The summed E-state index contributed by atoms with van der Waals surface area (Å²) in [4.78, 5) is 4.50. The summed E-state index contributed by atoms with van der Waals surface area (Å²) in [5.74, 6) is 0. The number of rotatable bonds is 2. The van der Waals surface area contributed by atoms with Gasteiger partial charge in [0.15, 0.2) is 0 Å². The number of benzene rings is 1. The second-order valence-electron chi connectivity index (χ2n) is 3.91. The van der Waals surface area contributed by atoms with Gasteiger partial charge in [-0.2, -0.15) is 0 Å². The average molecular weight is 201 g/mol. The molecule has 0 unspecified atom stereocenters. The molecule has 2 rings (SSSR count). The zero-order valence-corrected chi connectivity index (χ0v) is 9.12. The molecule has 1 N–H and O–H groups in total. The first-order chi connectivity index (χ1) is 7.20. The molecule has 0 aliphatic heterocycles. The predicted octanol–water partition coefficient (Wildman–Crippen LogP) is 2.39. The van der Waals surface area contributed by atoms with Gasteiger partial charge in [0, 0.05) is 17.7 Å². The van der Waals surface area contributed by atoms with E-state index >= 15 is 0 Å². The molecule has 0 bridgehead atoms. The van der Waals surface area contributed by atoms with Crippen LogP contribution >= 0.6 is 0 Å². The van der Waals surface area contributed by atoms with Crippen molar-refractivity contribution in [2.45, 2.75) is 20.3 Å². The van der Waals surface area contributed by atoms with Gasteiger partial charge in [-0.3, -0.25) is 4.98 Å². The molecule has 15 heavy (non-hydrogen) atoms. The second-order valence-corrected chi connectivity index (χ2v) is 3.91. The van der Waals surface area contributed by atoms with Gasteiger partial charge in [0.05, 0.1) is 5.52 Å². The normalized spacial score (nSPS) is 10.9. The number of aryl methyl sites for hydroxylation is 2. The van der Waals surface area contributed by atoms with Gasteiger partial charge in [0.1, 0.15) is 0 Å². The van der Waals surface area contributed by atoms with Crippen molar-refractivity contribution in [3.63, 3.8) is 0 Å². The average Bonchev–Trinajstić information content (AvgIpc) is 2.17. The first-order valence-electron chi connectivity index (χ1n) is 5.18. The van der Waals surface area contributed by atoms with Crippen molar-refractivity contribution in [3.05, 3.63) is 41.1 Å². The van der Waals surface area contributed by atoms with Crippen LogP contribution in [0, 0.1) is 13.8 Å². The minimum Gasteiger partial charge on any atom is -0.396 e. The van der Waals surface area contributed by atoms with Crippen molar-refractivity contribution in [3.8, 4) is 0 Å². The highest BCUT2D eigenvalue weighted by atomic mass is 16.2. The third kappa shape index (κ3) is 2.00. The largest absolute Gasteiger partial charge is 0.396 e. The Kier molecular flexibility index (Phi) is 2.69. The summed E-state index contributed by atoms with van der Waals surface area (Å²) < 4.78 is 0. The molecule has 1 aromatic heterocycles. The third-order valence-corrected chi connectivity index (χ3v) is 2.61. The van der Waals surface area contributed by atoms with E-state index < -0.39 is 0 Å². The molecule has 0 amide bonds. The van der Waals surface area contributed by atoms with Crippen molar-refractivity contribution < 1.29 is 5.11 Å². The van der Waals surface area contributed by atoms with Crippen LogP contribution in [0.15, 0.2) is 24.3 Å². The van der Waals surface area contributed by atoms with E-state index in [1.54, 1.807) is 0 Å². The highest BCUT2D eigenvalue weighted by molar-refractivity contribution is 5.82. The summed E-state index contributed by atoms with van der Waals surface area (Å²) in [5.41, 5.74) is 4.47. The zero-order valence-electron chi connectivity index (χ0n) is 9.12. The molecular weight excluding hydrogens is 186 g/mol. The van der Waals surface area contributed by atoms with E-state index in [1.807, 2.05) is 6.92 Å². The highest BCUT2D eigenvalue weighted by Crippen LogP contribution is 2.19. The fourth-order valence-corrected chi connectivity index (χ4v) is 1.90. The van der Waals surface area contributed by atoms with Crippen LogP contribution in [0.2, 0.25) is 0 Å². The number of fused-ring (bicyclic) bond motifs is 1. The van der Waals surface area contributed by atoms with Crippen molar-refractivity contribution in [2.24, 2.45) is 0 Å². The monoisotopic (exact) mass is 201 g/mol. The Hall–Kier alpha value is -1.41. The Morgan fingerprint density at radius 3 is 2.73 bits per heavy atom. The van der Waals surface area contributed by atoms with E-state index in [-0.39, 0.29) is 6.61 Å². The van der Waals surface area contributed by atoms with Crippen molar-refractivity contribution in [1.82, 2.24) is 4.98 Å². The number of hydrogen-bond donors (Lipinski definition) is 1. The lowest BCUT2D eigenvalue weighted by molar-refractivity contribution is 0.299. The highest BCUT2D eigenvalue weighted by Gasteiger charge is 2.01. The summed E-state index contributed by atoms with van der Waals surface area (Å²) >= 11 is 0. The predicted molar refractivity (Wildman–Crippen MR) is 62.0 cm³/mol. The van der Waals surface area contributed by atoms with Gasteiger partial charge in [-0.05, 0) is 43.5 Å². The minimum absolute atomic E-state index is 0.191. The summed E-state index contributed by atoms with van der Waals surface area (Å²) in [6.07, 6.45) is 0.699. The van der Waals surface area contributed by atoms with Crippen molar-refractivity contribution in [2.75, 3.05) is 6.61 Å². The number of hydrogen-bond acceptors (Lipinski definition) is 2. The second kappa shape index (κ2) is 3.99. The molecule has 0 atom stereocenters. The molecule has 0 saturated heterocycles. The summed E-state index contributed by atoms with van der Waals surface area (Å²) in [7, 11) is 0. The topological polar surface area (TPSA) is 33.1 Å². The van der Waals surface area contributed by atoms with E-state index in [0.717, 1.165) is 16.8 Å². The van der Waals surface area contributed by atoms with Crippen molar-refractivity contribution in [1.29, 1.82) is 0 Å². The molecular formula is C13H15NO. The molecule has 0 aliphatic rings. The van der Waals surface area contributed by atoms with Gasteiger partial charge >= 0.3 is 0 Å². The van der Waals surface area contributed by atoms with Crippen LogP contribution in [0.3, 0.4) is 0 Å². The minimum atomic E-state index is 0.191. The van der Waals surface area contributed by atoms with Gasteiger partial charge < -0.3 is 5.11 Å². The number of nitrogens with zero attached hydrogens (tertiary/aromatic N) is 1. The van der Waals surface area contributed by atoms with Gasteiger partial charge in [0.2, 0.25) is 0 Å². The Bertz CT molecular complexity index is 491. The SMILES string of the molecule is Cc1cc(C)c2ccc(CCO)cc2n1. The van der Waals surface area contributed by atoms with Gasteiger partial charge in [-0.1, -0.05) is 12.1 Å². The Labute approximate surface area is 89.6 Å². The molecule has 0 fully saturated rings. The van der Waals surface area contributed by atoms with Crippen LogP contribution in [-0.4, -0.2) is 16.7 Å². The van der Waals surface area contributed by atoms with E-state index in [4.69, 9.17) is 5.11 Å². The molecule has 1 heterocycles. The van der Waals surface area contributed by atoms with E-state index in [0.29, 0.717) is 6.42 Å². The Balaban J connectivity index is 2.60. The molecule has 0 radical (unpaired) electrons. The van der Waals surface area contributed by atoms with Crippen LogP contribution < -0.4 is 0 Å². The van der Waals surface area contributed by atoms with E-state index in [1.165, 1.54) is 10.9 Å². The number of aromatic nitrogens is 1. The fraction of sp³-hybridized carbons (Fsp3) is 0.308. The lowest BCUT2D eigenvalue weighted by Crippen LogP contribution is -1.93. The quantitative estimate of drug-likeness (QED) is 0.809. The molecule has 2 heteroatoms. The zero-order chi connectivity index (χ0) is 10.8. The first kappa shape index (κ1) is 10.1. The molecule has 1 aromatic carbocycles. The molecule has 0 saturated carbocycles. The summed E-state index contributed by atoms with van der Waals surface area (Å²) in [6, 6.07) is 8.30. The van der Waals surface area contributed by atoms with Crippen LogP contribution in [0.1, 0.15) is 16.8 Å². The third-order valence-electron chi connectivity index (χ3n) is 2.61. The maximum Gasteiger partial charge on any atom is 0.0710 e. The number of aliphatic hydroxyl groups excluding tert-OH is 1. The summed E-state index contributed by atoms with van der Waals surface area (Å²) in [6.45, 7) is 4.30. The fourth-order valence-electron chi connectivity index (χ4n) is 1.90. The standard InChI is InChI=1S/C13H15NO/c1-9-7-10(2)14-13-8-11(5-6-15)3-4-12(9)13/h3-4,7-8,15H,5-6H2,1-2H3. The van der Waals surface area contributed by atoms with Crippen LogP contribution in [0.4, 0.5) is 0 Å². The maximum absolute atomic E-state index is 8.88. The molecule has 2 nitrogen and oxygen atoms in total. The Morgan fingerprint density at radius 2 is 2.00 bits per heavy atom. The molecule has 78 valence electrons. The summed E-state index contributed by atoms with van der Waals surface area (Å²) in [5, 5.41) is 10.1. The lowest BCUT2D eigenvalue weighted by atomic mass is 10.1. The van der Waals surface area contributed by atoms with E-state index in [2.05, 4.69) is 36.2 Å².